The number of rotatable bonds is 19. The van der Waals surface area contributed by atoms with Crippen molar-refractivity contribution in [3.8, 4) is 34.1 Å². The van der Waals surface area contributed by atoms with Crippen LogP contribution in [-0.2, 0) is 28.7 Å². The van der Waals surface area contributed by atoms with Gasteiger partial charge in [0, 0.05) is 28.7 Å². The Balaban J connectivity index is 1.14. The number of hydrogen-bond donors (Lipinski definition) is 0. The maximum absolute atomic E-state index is 12.7. The zero-order chi connectivity index (χ0) is 43.3. The highest BCUT2D eigenvalue weighted by atomic mass is 16.6. The van der Waals surface area contributed by atoms with E-state index in [4.69, 9.17) is 28.4 Å². The molecular formula is C49H48O11. The summed E-state index contributed by atoms with van der Waals surface area (Å²) in [5, 5.41) is 0. The first-order chi connectivity index (χ1) is 28.7. The van der Waals surface area contributed by atoms with Crippen LogP contribution in [-0.4, -0.2) is 49.7 Å². The molecule has 0 aromatic heterocycles. The van der Waals surface area contributed by atoms with Crippen LogP contribution in [0.1, 0.15) is 73.0 Å². The van der Waals surface area contributed by atoms with Gasteiger partial charge in [0.15, 0.2) is 0 Å². The van der Waals surface area contributed by atoms with Crippen LogP contribution in [0.25, 0.3) is 17.2 Å². The van der Waals surface area contributed by atoms with Crippen molar-refractivity contribution in [2.75, 3.05) is 19.8 Å². The second-order valence-electron chi connectivity index (χ2n) is 14.7. The zero-order valence-corrected chi connectivity index (χ0v) is 34.2. The van der Waals surface area contributed by atoms with Gasteiger partial charge in [0.2, 0.25) is 0 Å². The summed E-state index contributed by atoms with van der Waals surface area (Å²) in [5.74, 6) is -0.988. The Bertz CT molecular complexity index is 2280. The minimum Gasteiger partial charge on any atom is -0.493 e. The normalized spacial score (nSPS) is 12.0. The van der Waals surface area contributed by atoms with Crippen LogP contribution in [0.3, 0.4) is 0 Å². The van der Waals surface area contributed by atoms with Crippen molar-refractivity contribution in [2.24, 2.45) is 5.92 Å². The summed E-state index contributed by atoms with van der Waals surface area (Å²) in [6.45, 7) is 17.6. The molecule has 0 spiro atoms. The van der Waals surface area contributed by atoms with Gasteiger partial charge in [-0.15, -0.1) is 0 Å². The Labute approximate surface area is 349 Å². The Morgan fingerprint density at radius 1 is 0.667 bits per heavy atom. The number of hydrogen-bond acceptors (Lipinski definition) is 11. The lowest BCUT2D eigenvalue weighted by Crippen LogP contribution is -2.23. The summed E-state index contributed by atoms with van der Waals surface area (Å²) in [6, 6.07) is 24.5. The molecule has 5 rings (SSSR count). The highest BCUT2D eigenvalue weighted by Gasteiger charge is 2.27. The zero-order valence-electron chi connectivity index (χ0n) is 34.2. The van der Waals surface area contributed by atoms with Crippen molar-refractivity contribution in [3.05, 3.63) is 150 Å². The van der Waals surface area contributed by atoms with E-state index in [9.17, 15) is 24.0 Å². The van der Waals surface area contributed by atoms with E-state index in [1.54, 1.807) is 39.0 Å². The van der Waals surface area contributed by atoms with Gasteiger partial charge in [-0.3, -0.25) is 0 Å². The standard InChI is InChI=1S/C49H48O11/c1-30(2)46(51)56-28-35(29-57-47(52)31(3)4)24-25-55-44-21-17-39(27-42(44)37-13-14-37)36-11-8-34(9-12-36)10-23-45(50)60-43-22-20-41(26-33(43)7)59-49(54)38-15-18-40(19-16-38)58-48(53)32(5)6/h8-12,15-23,26-27,35,37H,1,3,5,13-14,24-25,28-29H2,2,4,6-7H3/b23-10+. The second-order valence-corrected chi connectivity index (χ2v) is 14.7. The van der Waals surface area contributed by atoms with Gasteiger partial charge < -0.3 is 28.4 Å². The fourth-order valence-electron chi connectivity index (χ4n) is 5.67. The molecule has 60 heavy (non-hydrogen) atoms. The van der Waals surface area contributed by atoms with E-state index in [2.05, 4.69) is 25.8 Å². The van der Waals surface area contributed by atoms with Gasteiger partial charge in [-0.1, -0.05) is 50.1 Å². The average molecular weight is 813 g/mol. The number of aryl methyl sites for hydroxylation is 1. The quantitative estimate of drug-likeness (QED) is 0.0508. The molecule has 1 fully saturated rings. The molecule has 0 heterocycles. The van der Waals surface area contributed by atoms with E-state index in [1.807, 2.05) is 36.4 Å². The van der Waals surface area contributed by atoms with E-state index in [1.165, 1.54) is 43.3 Å². The number of carbonyl (C=O) groups excluding carboxylic acids is 5. The molecule has 310 valence electrons. The van der Waals surface area contributed by atoms with Crippen molar-refractivity contribution < 1.29 is 52.4 Å². The first kappa shape index (κ1) is 44.1. The summed E-state index contributed by atoms with van der Waals surface area (Å²) < 4.78 is 33.1. The van der Waals surface area contributed by atoms with E-state index < -0.39 is 29.8 Å². The monoisotopic (exact) mass is 812 g/mol. The summed E-state index contributed by atoms with van der Waals surface area (Å²) >= 11 is 0. The fraction of sp³-hybridized carbons (Fsp3) is 0.245. The van der Waals surface area contributed by atoms with Crippen molar-refractivity contribution in [2.45, 2.75) is 52.9 Å². The number of benzene rings is 4. The highest BCUT2D eigenvalue weighted by Crippen LogP contribution is 2.45. The average Bonchev–Trinajstić information content (AvgIpc) is 4.08. The topological polar surface area (TPSA) is 141 Å². The maximum atomic E-state index is 12.7. The molecular weight excluding hydrogens is 765 g/mol. The largest absolute Gasteiger partial charge is 0.493 e. The Kier molecular flexibility index (Phi) is 15.1. The molecule has 11 heteroatoms. The first-order valence-electron chi connectivity index (χ1n) is 19.4. The molecule has 0 N–H and O–H groups in total. The van der Waals surface area contributed by atoms with Crippen LogP contribution < -0.4 is 18.9 Å². The summed E-state index contributed by atoms with van der Waals surface area (Å²) in [5.41, 5.74) is 5.62. The molecule has 4 aromatic carbocycles. The molecule has 1 saturated carbocycles. The van der Waals surface area contributed by atoms with Crippen LogP contribution in [0.2, 0.25) is 0 Å². The van der Waals surface area contributed by atoms with Crippen molar-refractivity contribution in [3.63, 3.8) is 0 Å². The van der Waals surface area contributed by atoms with Crippen LogP contribution in [0.15, 0.2) is 127 Å². The Hall–Kier alpha value is -7.01. The number of carbonyl (C=O) groups is 5. The molecule has 0 aliphatic heterocycles. The van der Waals surface area contributed by atoms with E-state index in [0.717, 1.165) is 40.8 Å². The lowest BCUT2D eigenvalue weighted by atomic mass is 9.99. The van der Waals surface area contributed by atoms with Gasteiger partial charge in [0.25, 0.3) is 0 Å². The van der Waals surface area contributed by atoms with Gasteiger partial charge in [0.05, 0.1) is 25.4 Å². The van der Waals surface area contributed by atoms with Gasteiger partial charge in [0.1, 0.15) is 23.0 Å². The number of ether oxygens (including phenoxy) is 6. The third-order valence-corrected chi connectivity index (χ3v) is 9.28. The minimum absolute atomic E-state index is 0.0613. The van der Waals surface area contributed by atoms with Gasteiger partial charge in [-0.05, 0) is 141 Å². The van der Waals surface area contributed by atoms with Crippen molar-refractivity contribution in [1.82, 2.24) is 0 Å². The van der Waals surface area contributed by atoms with Crippen LogP contribution in [0.4, 0.5) is 0 Å². The molecule has 0 amide bonds. The minimum atomic E-state index is -0.611. The van der Waals surface area contributed by atoms with E-state index in [-0.39, 0.29) is 52.9 Å². The number of esters is 5. The third-order valence-electron chi connectivity index (χ3n) is 9.28. The Morgan fingerprint density at radius 2 is 1.25 bits per heavy atom. The van der Waals surface area contributed by atoms with Crippen molar-refractivity contribution in [1.29, 1.82) is 0 Å². The summed E-state index contributed by atoms with van der Waals surface area (Å²) in [4.78, 5) is 61.1. The molecule has 11 nitrogen and oxygen atoms in total. The van der Waals surface area contributed by atoms with Gasteiger partial charge in [-0.25, -0.2) is 24.0 Å². The highest BCUT2D eigenvalue weighted by molar-refractivity contribution is 5.92. The second kappa shape index (κ2) is 20.6. The molecule has 0 unspecified atom stereocenters. The molecule has 0 atom stereocenters. The van der Waals surface area contributed by atoms with Gasteiger partial charge in [-0.2, -0.15) is 0 Å². The molecule has 4 aromatic rings. The van der Waals surface area contributed by atoms with Crippen LogP contribution >= 0.6 is 0 Å². The molecule has 1 aliphatic carbocycles. The lowest BCUT2D eigenvalue weighted by molar-refractivity contribution is -0.144. The fourth-order valence-corrected chi connectivity index (χ4v) is 5.67. The van der Waals surface area contributed by atoms with Gasteiger partial charge >= 0.3 is 29.8 Å². The first-order valence-corrected chi connectivity index (χ1v) is 19.4. The molecule has 0 radical (unpaired) electrons. The molecule has 0 saturated heterocycles. The van der Waals surface area contributed by atoms with E-state index >= 15 is 0 Å². The summed E-state index contributed by atoms with van der Waals surface area (Å²) in [7, 11) is 0. The van der Waals surface area contributed by atoms with E-state index in [0.29, 0.717) is 30.3 Å². The smallest absolute Gasteiger partial charge is 0.343 e. The third kappa shape index (κ3) is 13.0. The van der Waals surface area contributed by atoms with Crippen LogP contribution in [0.5, 0.6) is 23.0 Å². The van der Waals surface area contributed by atoms with Crippen LogP contribution in [0, 0.1) is 12.8 Å². The Morgan fingerprint density at radius 3 is 1.83 bits per heavy atom. The summed E-state index contributed by atoms with van der Waals surface area (Å²) in [6.07, 6.45) is 5.64. The predicted molar refractivity (Wildman–Crippen MR) is 227 cm³/mol. The molecule has 0 bridgehead atoms. The lowest BCUT2D eigenvalue weighted by Gasteiger charge is -2.19. The maximum Gasteiger partial charge on any atom is 0.343 e. The molecule has 1 aliphatic rings. The predicted octanol–water partition coefficient (Wildman–Crippen LogP) is 9.48. The SMILES string of the molecule is C=C(C)C(=O)OCC(CCOc1ccc(-c2ccc(/C=C/C(=O)Oc3ccc(OC(=O)c4ccc(OC(=O)C(=C)C)cc4)cc3C)cc2)cc1C1CC1)COC(=O)C(=C)C. The van der Waals surface area contributed by atoms with Crippen molar-refractivity contribution >= 4 is 35.9 Å².